The van der Waals surface area contributed by atoms with Crippen LogP contribution >= 0.6 is 11.3 Å². The van der Waals surface area contributed by atoms with Crippen LogP contribution in [0.15, 0.2) is 57.8 Å². The monoisotopic (exact) mass is 424 g/mol. The molecule has 0 radical (unpaired) electrons. The van der Waals surface area contributed by atoms with Gasteiger partial charge in [0, 0.05) is 28.7 Å². The lowest BCUT2D eigenvalue weighted by molar-refractivity contribution is 0.194. The number of hydrogen-bond acceptors (Lipinski definition) is 5. The Labute approximate surface area is 163 Å². The predicted molar refractivity (Wildman–Crippen MR) is 99.1 cm³/mol. The number of carboxylic acid groups (broad SMARTS) is 1. The van der Waals surface area contributed by atoms with Crippen molar-refractivity contribution in [3.8, 4) is 11.1 Å². The molecule has 146 valence electrons. The molecular formula is C18H14F2N2O4S2. The van der Waals surface area contributed by atoms with E-state index in [-0.39, 0.29) is 33.2 Å². The molecule has 0 saturated carbocycles. The fraction of sp³-hybridized carbons (Fsp3) is 0.111. The number of thiophene rings is 1. The van der Waals surface area contributed by atoms with Crippen LogP contribution in [0.25, 0.3) is 11.1 Å². The highest BCUT2D eigenvalue weighted by Crippen LogP contribution is 2.39. The molecule has 10 heteroatoms. The van der Waals surface area contributed by atoms with Crippen LogP contribution in [0.1, 0.15) is 4.88 Å². The first-order chi connectivity index (χ1) is 13.3. The van der Waals surface area contributed by atoms with Gasteiger partial charge in [-0.15, -0.1) is 11.3 Å². The SMILES string of the molecule is O=C(O)NCCc1cc(-c2cccnc2F)c(S(=O)(=O)c2cccc(F)c2)s1. The third-order valence-corrected chi connectivity index (χ3v) is 7.28. The first-order valence-corrected chi connectivity index (χ1v) is 10.3. The Balaban J connectivity index is 2.11. The van der Waals surface area contributed by atoms with E-state index in [1.807, 2.05) is 0 Å². The summed E-state index contributed by atoms with van der Waals surface area (Å²) in [5.74, 6) is -1.55. The number of aromatic nitrogens is 1. The molecule has 1 aromatic carbocycles. The number of amides is 1. The van der Waals surface area contributed by atoms with Gasteiger partial charge in [-0.2, -0.15) is 4.39 Å². The Morgan fingerprint density at radius 1 is 1.14 bits per heavy atom. The highest BCUT2D eigenvalue weighted by atomic mass is 32.2. The fourth-order valence-corrected chi connectivity index (χ4v) is 5.70. The van der Waals surface area contributed by atoms with Gasteiger partial charge < -0.3 is 10.4 Å². The van der Waals surface area contributed by atoms with Gasteiger partial charge in [0.2, 0.25) is 15.8 Å². The smallest absolute Gasteiger partial charge is 0.404 e. The van der Waals surface area contributed by atoms with Gasteiger partial charge in [-0.25, -0.2) is 22.6 Å². The summed E-state index contributed by atoms with van der Waals surface area (Å²) in [7, 11) is -4.13. The molecule has 0 spiro atoms. The van der Waals surface area contributed by atoms with E-state index >= 15 is 0 Å². The van der Waals surface area contributed by atoms with Crippen LogP contribution in [-0.4, -0.2) is 31.1 Å². The Morgan fingerprint density at radius 3 is 2.61 bits per heavy atom. The van der Waals surface area contributed by atoms with Gasteiger partial charge in [0.05, 0.1) is 4.90 Å². The van der Waals surface area contributed by atoms with Gasteiger partial charge in [-0.1, -0.05) is 6.07 Å². The number of rotatable bonds is 6. The minimum absolute atomic E-state index is 0.00817. The zero-order chi connectivity index (χ0) is 20.3. The minimum Gasteiger partial charge on any atom is -0.465 e. The molecule has 0 fully saturated rings. The molecule has 0 aliphatic heterocycles. The van der Waals surface area contributed by atoms with E-state index in [2.05, 4.69) is 10.3 Å². The molecule has 0 unspecified atom stereocenters. The number of pyridine rings is 1. The van der Waals surface area contributed by atoms with Crippen molar-refractivity contribution >= 4 is 27.3 Å². The number of hydrogen-bond donors (Lipinski definition) is 2. The molecule has 3 aromatic rings. The second-order valence-electron chi connectivity index (χ2n) is 5.70. The van der Waals surface area contributed by atoms with Gasteiger partial charge in [-0.3, -0.25) is 0 Å². The van der Waals surface area contributed by atoms with Gasteiger partial charge in [0.15, 0.2) is 0 Å². The summed E-state index contributed by atoms with van der Waals surface area (Å²) in [5, 5.41) is 10.9. The van der Waals surface area contributed by atoms with Crippen molar-refractivity contribution in [1.82, 2.24) is 10.3 Å². The van der Waals surface area contributed by atoms with Crippen LogP contribution in [-0.2, 0) is 16.3 Å². The molecule has 2 N–H and O–H groups in total. The zero-order valence-electron chi connectivity index (χ0n) is 14.2. The molecule has 6 nitrogen and oxygen atoms in total. The largest absolute Gasteiger partial charge is 0.465 e. The lowest BCUT2D eigenvalue weighted by atomic mass is 10.1. The molecule has 3 rings (SSSR count). The fourth-order valence-electron chi connectivity index (χ4n) is 2.55. The molecule has 0 atom stereocenters. The number of carbonyl (C=O) groups is 1. The van der Waals surface area contributed by atoms with Crippen molar-refractivity contribution < 1.29 is 27.1 Å². The van der Waals surface area contributed by atoms with Gasteiger partial charge in [-0.05, 0) is 42.8 Å². The Bertz CT molecular complexity index is 1130. The van der Waals surface area contributed by atoms with Crippen molar-refractivity contribution in [3.63, 3.8) is 0 Å². The summed E-state index contributed by atoms with van der Waals surface area (Å²) in [6.45, 7) is 0.0598. The number of nitrogens with one attached hydrogen (secondary N) is 1. The van der Waals surface area contributed by atoms with E-state index in [0.717, 1.165) is 23.5 Å². The second kappa shape index (κ2) is 8.03. The summed E-state index contributed by atoms with van der Waals surface area (Å²) in [6, 6.07) is 8.91. The molecular weight excluding hydrogens is 410 g/mol. The Hall–Kier alpha value is -2.85. The zero-order valence-corrected chi connectivity index (χ0v) is 15.9. The van der Waals surface area contributed by atoms with Gasteiger partial charge in [0.25, 0.3) is 0 Å². The maximum atomic E-state index is 14.2. The standard InChI is InChI=1S/C18H14F2N2O4S2/c19-11-3-1-4-13(9-11)28(25,26)17-15(14-5-2-7-21-16(14)20)10-12(27-17)6-8-22-18(23)24/h1-5,7,9-10,22H,6,8H2,(H,23,24). The summed E-state index contributed by atoms with van der Waals surface area (Å²) in [6.07, 6.45) is 0.247. The Morgan fingerprint density at radius 2 is 1.93 bits per heavy atom. The third-order valence-electron chi connectivity index (χ3n) is 3.80. The van der Waals surface area contributed by atoms with E-state index in [9.17, 15) is 22.0 Å². The van der Waals surface area contributed by atoms with Crippen LogP contribution in [0.3, 0.4) is 0 Å². The molecule has 28 heavy (non-hydrogen) atoms. The van der Waals surface area contributed by atoms with Crippen LogP contribution in [0, 0.1) is 11.8 Å². The van der Waals surface area contributed by atoms with Crippen LogP contribution in [0.5, 0.6) is 0 Å². The predicted octanol–water partition coefficient (Wildman–Crippen LogP) is 3.73. The number of halogens is 2. The number of sulfone groups is 1. The summed E-state index contributed by atoms with van der Waals surface area (Å²) < 4.78 is 53.8. The number of benzene rings is 1. The molecule has 0 aliphatic rings. The lowest BCUT2D eigenvalue weighted by Crippen LogP contribution is -2.22. The molecule has 0 aliphatic carbocycles. The molecule has 0 saturated heterocycles. The minimum atomic E-state index is -4.13. The van der Waals surface area contributed by atoms with Gasteiger partial charge in [0.1, 0.15) is 10.0 Å². The van der Waals surface area contributed by atoms with Crippen LogP contribution in [0.2, 0.25) is 0 Å². The van der Waals surface area contributed by atoms with Crippen LogP contribution < -0.4 is 5.32 Å². The first-order valence-electron chi connectivity index (χ1n) is 8.00. The molecule has 1 amide bonds. The van der Waals surface area contributed by atoms with E-state index in [1.165, 1.54) is 36.5 Å². The van der Waals surface area contributed by atoms with Crippen molar-refractivity contribution in [1.29, 1.82) is 0 Å². The van der Waals surface area contributed by atoms with E-state index < -0.39 is 27.7 Å². The van der Waals surface area contributed by atoms with Crippen molar-refractivity contribution in [2.75, 3.05) is 6.54 Å². The van der Waals surface area contributed by atoms with Crippen molar-refractivity contribution in [3.05, 3.63) is 65.3 Å². The molecule has 2 aromatic heterocycles. The lowest BCUT2D eigenvalue weighted by Gasteiger charge is -2.06. The maximum Gasteiger partial charge on any atom is 0.404 e. The quantitative estimate of drug-likeness (QED) is 0.588. The summed E-state index contributed by atoms with van der Waals surface area (Å²) in [5.41, 5.74) is 0.0939. The van der Waals surface area contributed by atoms with Crippen molar-refractivity contribution in [2.24, 2.45) is 0 Å². The Kier molecular flexibility index (Phi) is 5.71. The van der Waals surface area contributed by atoms with E-state index in [4.69, 9.17) is 5.11 Å². The second-order valence-corrected chi connectivity index (χ2v) is 8.98. The average molecular weight is 424 g/mol. The highest BCUT2D eigenvalue weighted by molar-refractivity contribution is 7.93. The maximum absolute atomic E-state index is 14.2. The summed E-state index contributed by atoms with van der Waals surface area (Å²) in [4.78, 5) is 14.4. The average Bonchev–Trinajstić information content (AvgIpc) is 3.06. The third kappa shape index (κ3) is 4.18. The molecule has 2 heterocycles. The van der Waals surface area contributed by atoms with Crippen LogP contribution in [0.4, 0.5) is 13.6 Å². The normalized spacial score (nSPS) is 11.4. The molecule has 0 bridgehead atoms. The van der Waals surface area contributed by atoms with E-state index in [1.54, 1.807) is 0 Å². The summed E-state index contributed by atoms with van der Waals surface area (Å²) >= 11 is 0.885. The topological polar surface area (TPSA) is 96.4 Å². The number of nitrogens with zero attached hydrogens (tertiary/aromatic N) is 1. The first kappa shape index (κ1) is 19.9. The van der Waals surface area contributed by atoms with Gasteiger partial charge >= 0.3 is 6.09 Å². The highest BCUT2D eigenvalue weighted by Gasteiger charge is 2.27. The van der Waals surface area contributed by atoms with E-state index in [0.29, 0.717) is 4.88 Å². The van der Waals surface area contributed by atoms with Crippen molar-refractivity contribution in [2.45, 2.75) is 15.5 Å².